The van der Waals surface area contributed by atoms with E-state index in [2.05, 4.69) is 10.6 Å². The summed E-state index contributed by atoms with van der Waals surface area (Å²) in [4.78, 5) is 47.2. The Morgan fingerprint density at radius 2 is 1.95 bits per heavy atom. The van der Waals surface area contributed by atoms with Crippen molar-refractivity contribution < 1.29 is 23.9 Å². The Balaban J connectivity index is 2.27. The van der Waals surface area contributed by atoms with Crippen LogP contribution in [0.5, 0.6) is 0 Å². The first-order chi connectivity index (χ1) is 9.93. The smallest absolute Gasteiger partial charge is 0.327 e. The van der Waals surface area contributed by atoms with E-state index < -0.39 is 23.0 Å². The minimum atomic E-state index is -1.05. The normalized spacial score (nSPS) is 22.8. The topological polar surface area (TPSA) is 102 Å². The molecule has 0 aromatic carbocycles. The first-order valence-corrected chi connectivity index (χ1v) is 8.11. The second kappa shape index (κ2) is 6.58. The SMILES string of the molecule is CCOC(=O)C1SC(=C2C(=O)NC(=S)NC2=O)SCC1=O. The summed E-state index contributed by atoms with van der Waals surface area (Å²) >= 11 is 6.61. The second-order valence-corrected chi connectivity index (χ2v) is 6.67. The zero-order valence-corrected chi connectivity index (χ0v) is 13.2. The average molecular weight is 346 g/mol. The third kappa shape index (κ3) is 3.44. The molecular weight excluding hydrogens is 336 g/mol. The molecule has 0 saturated carbocycles. The largest absolute Gasteiger partial charge is 0.465 e. The van der Waals surface area contributed by atoms with Crippen LogP contribution in [0, 0.1) is 0 Å². The summed E-state index contributed by atoms with van der Waals surface area (Å²) < 4.78 is 5.13. The molecular formula is C11H10N2O5S3. The van der Waals surface area contributed by atoms with E-state index in [1.165, 1.54) is 0 Å². The average Bonchev–Trinajstić information content (AvgIpc) is 2.39. The summed E-state index contributed by atoms with van der Waals surface area (Å²) in [6.45, 7) is 1.78. The fraction of sp³-hybridized carbons (Fsp3) is 0.364. The standard InChI is InChI=1S/C11H10N2O5S3/c1-2-18-9(17)6-4(14)3-20-10(21-6)5-7(15)12-11(19)13-8(5)16/h6H,2-3H2,1H3,(H2,12,13,15,16,19). The molecule has 0 bridgehead atoms. The highest BCUT2D eigenvalue weighted by Gasteiger charge is 2.38. The van der Waals surface area contributed by atoms with Crippen molar-refractivity contribution in [3.63, 3.8) is 0 Å². The Bertz CT molecular complexity index is 564. The van der Waals surface area contributed by atoms with E-state index in [9.17, 15) is 19.2 Å². The van der Waals surface area contributed by atoms with E-state index in [0.29, 0.717) is 4.24 Å². The van der Waals surface area contributed by atoms with E-state index in [1.54, 1.807) is 6.92 Å². The number of carbonyl (C=O) groups excluding carboxylic acids is 4. The molecule has 2 rings (SSSR count). The lowest BCUT2D eigenvalue weighted by Crippen LogP contribution is -2.51. The molecule has 2 amide bonds. The number of esters is 1. The number of rotatable bonds is 2. The molecule has 2 saturated heterocycles. The van der Waals surface area contributed by atoms with Crippen molar-refractivity contribution in [3.05, 3.63) is 9.81 Å². The molecule has 1 atom stereocenters. The molecule has 0 aromatic heterocycles. The quantitative estimate of drug-likeness (QED) is 0.231. The van der Waals surface area contributed by atoms with Crippen LogP contribution in [0.15, 0.2) is 9.81 Å². The molecule has 0 aromatic rings. The van der Waals surface area contributed by atoms with Gasteiger partial charge in [0.1, 0.15) is 5.57 Å². The Labute approximate surface area is 133 Å². The number of hydrogen-bond donors (Lipinski definition) is 2. The second-order valence-electron chi connectivity index (χ2n) is 3.90. The monoisotopic (exact) mass is 346 g/mol. The summed E-state index contributed by atoms with van der Waals surface area (Å²) in [5.41, 5.74) is -0.139. The summed E-state index contributed by atoms with van der Waals surface area (Å²) in [5, 5.41) is 3.50. The predicted octanol–water partition coefficient (Wildman–Crippen LogP) is -0.290. The van der Waals surface area contributed by atoms with Gasteiger partial charge in [-0.3, -0.25) is 29.8 Å². The Hall–Kier alpha value is -1.39. The highest BCUT2D eigenvalue weighted by molar-refractivity contribution is 8.24. The van der Waals surface area contributed by atoms with E-state index in [-0.39, 0.29) is 28.8 Å². The van der Waals surface area contributed by atoms with Crippen LogP contribution in [0.2, 0.25) is 0 Å². The zero-order valence-electron chi connectivity index (χ0n) is 10.8. The maximum atomic E-state index is 11.9. The van der Waals surface area contributed by atoms with Crippen LogP contribution in [0.4, 0.5) is 0 Å². The number of nitrogens with one attached hydrogen (secondary N) is 2. The molecule has 7 nitrogen and oxygen atoms in total. The van der Waals surface area contributed by atoms with Crippen LogP contribution >= 0.6 is 35.7 Å². The summed E-state index contributed by atoms with van der Waals surface area (Å²) in [6, 6.07) is 0. The maximum Gasteiger partial charge on any atom is 0.327 e. The van der Waals surface area contributed by atoms with Crippen molar-refractivity contribution >= 4 is 64.4 Å². The molecule has 112 valence electrons. The zero-order chi connectivity index (χ0) is 15.6. The van der Waals surface area contributed by atoms with Crippen LogP contribution in [-0.2, 0) is 23.9 Å². The van der Waals surface area contributed by atoms with Gasteiger partial charge in [0.15, 0.2) is 16.1 Å². The summed E-state index contributed by atoms with van der Waals surface area (Å²) in [5.74, 6) is -2.26. The maximum absolute atomic E-state index is 11.9. The number of thioether (sulfide) groups is 2. The van der Waals surface area contributed by atoms with Crippen LogP contribution < -0.4 is 10.6 Å². The van der Waals surface area contributed by atoms with Crippen molar-refractivity contribution in [2.45, 2.75) is 12.2 Å². The molecule has 2 fully saturated rings. The number of carbonyl (C=O) groups is 4. The number of amides is 2. The number of ether oxygens (including phenoxy) is 1. The van der Waals surface area contributed by atoms with Gasteiger partial charge < -0.3 is 4.74 Å². The highest BCUT2D eigenvalue weighted by Crippen LogP contribution is 2.40. The highest BCUT2D eigenvalue weighted by atomic mass is 32.2. The molecule has 0 radical (unpaired) electrons. The first-order valence-electron chi connectivity index (χ1n) is 5.83. The summed E-state index contributed by atoms with van der Waals surface area (Å²) in [7, 11) is 0. The Morgan fingerprint density at radius 3 is 2.52 bits per heavy atom. The number of Topliss-reactive ketones (excluding diaryl/α,β-unsaturated/α-hetero) is 1. The van der Waals surface area contributed by atoms with Crippen LogP contribution in [0.3, 0.4) is 0 Å². The van der Waals surface area contributed by atoms with Crippen LogP contribution in [0.25, 0.3) is 0 Å². The molecule has 1 unspecified atom stereocenters. The lowest BCUT2D eigenvalue weighted by atomic mass is 10.2. The van der Waals surface area contributed by atoms with Crippen molar-refractivity contribution in [2.75, 3.05) is 12.4 Å². The molecule has 2 heterocycles. The fourth-order valence-electron chi connectivity index (χ4n) is 1.60. The lowest BCUT2D eigenvalue weighted by Gasteiger charge is -2.24. The van der Waals surface area contributed by atoms with Gasteiger partial charge in [0.2, 0.25) is 0 Å². The van der Waals surface area contributed by atoms with Gasteiger partial charge in [-0.15, -0.1) is 11.8 Å². The van der Waals surface area contributed by atoms with Crippen molar-refractivity contribution in [2.24, 2.45) is 0 Å². The first kappa shape index (κ1) is 16.0. The molecule has 10 heteroatoms. The molecule has 2 aliphatic heterocycles. The third-order valence-electron chi connectivity index (χ3n) is 2.48. The molecule has 2 aliphatic rings. The van der Waals surface area contributed by atoms with Crippen molar-refractivity contribution in [1.29, 1.82) is 0 Å². The van der Waals surface area contributed by atoms with Gasteiger partial charge in [0.05, 0.1) is 16.6 Å². The minimum Gasteiger partial charge on any atom is -0.465 e. The van der Waals surface area contributed by atoms with Crippen molar-refractivity contribution in [1.82, 2.24) is 10.6 Å². The van der Waals surface area contributed by atoms with Gasteiger partial charge in [0, 0.05) is 0 Å². The summed E-state index contributed by atoms with van der Waals surface area (Å²) in [6.07, 6.45) is 0. The minimum absolute atomic E-state index is 0.000318. The van der Waals surface area contributed by atoms with Gasteiger partial charge in [-0.1, -0.05) is 11.8 Å². The third-order valence-corrected chi connectivity index (χ3v) is 5.33. The van der Waals surface area contributed by atoms with Gasteiger partial charge in [-0.05, 0) is 19.1 Å². The fourth-order valence-corrected chi connectivity index (χ4v) is 4.29. The van der Waals surface area contributed by atoms with E-state index in [1.807, 2.05) is 0 Å². The number of ketones is 1. The molecule has 2 N–H and O–H groups in total. The van der Waals surface area contributed by atoms with Gasteiger partial charge in [-0.25, -0.2) is 0 Å². The molecule has 0 aliphatic carbocycles. The number of hydrogen-bond acceptors (Lipinski definition) is 8. The lowest BCUT2D eigenvalue weighted by molar-refractivity contribution is -0.144. The van der Waals surface area contributed by atoms with Crippen LogP contribution in [0.1, 0.15) is 6.92 Å². The predicted molar refractivity (Wildman–Crippen MR) is 81.4 cm³/mol. The number of thiocarbonyl (C=S) groups is 1. The van der Waals surface area contributed by atoms with Crippen molar-refractivity contribution in [3.8, 4) is 0 Å². The van der Waals surface area contributed by atoms with E-state index in [0.717, 1.165) is 23.5 Å². The van der Waals surface area contributed by atoms with Gasteiger partial charge >= 0.3 is 5.97 Å². The van der Waals surface area contributed by atoms with E-state index in [4.69, 9.17) is 17.0 Å². The Morgan fingerprint density at radius 1 is 1.33 bits per heavy atom. The van der Waals surface area contributed by atoms with E-state index >= 15 is 0 Å². The molecule has 21 heavy (non-hydrogen) atoms. The van der Waals surface area contributed by atoms with Gasteiger partial charge in [0.25, 0.3) is 11.8 Å². The van der Waals surface area contributed by atoms with Crippen LogP contribution in [-0.4, -0.2) is 46.3 Å². The Kier molecular flexibility index (Phi) is 5.01. The molecule has 0 spiro atoms. The van der Waals surface area contributed by atoms with Gasteiger partial charge in [-0.2, -0.15) is 0 Å².